The minimum Gasteiger partial charge on any atom is -0.447 e. The number of nitrogens with zero attached hydrogens (tertiary/aromatic N) is 1. The average molecular weight is 585 g/mol. The molecule has 1 aromatic heterocycles. The summed E-state index contributed by atoms with van der Waals surface area (Å²) in [7, 11) is -3.96. The summed E-state index contributed by atoms with van der Waals surface area (Å²) >= 11 is 1.36. The van der Waals surface area contributed by atoms with Gasteiger partial charge in [0, 0.05) is 29.0 Å². The van der Waals surface area contributed by atoms with Crippen molar-refractivity contribution in [3.63, 3.8) is 0 Å². The zero-order valence-corrected chi connectivity index (χ0v) is 25.1. The molecule has 4 N–H and O–H groups in total. The molecule has 1 fully saturated rings. The van der Waals surface area contributed by atoms with Crippen molar-refractivity contribution < 1.29 is 32.5 Å². The Hall–Kier alpha value is -2.13. The van der Waals surface area contributed by atoms with Gasteiger partial charge in [0.05, 0.1) is 28.6 Å². The molecule has 39 heavy (non-hydrogen) atoms. The number of ether oxygens (including phenoxy) is 3. The van der Waals surface area contributed by atoms with Crippen LogP contribution in [0.3, 0.4) is 0 Å². The van der Waals surface area contributed by atoms with E-state index in [1.165, 1.54) is 17.4 Å². The molecule has 3 rings (SSSR count). The van der Waals surface area contributed by atoms with Gasteiger partial charge in [0.15, 0.2) is 0 Å². The SMILES string of the molecule is CC(C)OC(=O)Nc1ccc(-c2cnc(C3CCC(NC(O)OC(C)C)CO3)s2)c(S(=O)(=O)NC(C)(C)C)c1. The van der Waals surface area contributed by atoms with Gasteiger partial charge in [-0.3, -0.25) is 10.6 Å². The summed E-state index contributed by atoms with van der Waals surface area (Å²) < 4.78 is 46.0. The van der Waals surface area contributed by atoms with Gasteiger partial charge in [0.2, 0.25) is 16.4 Å². The van der Waals surface area contributed by atoms with Crippen molar-refractivity contribution in [2.24, 2.45) is 0 Å². The van der Waals surface area contributed by atoms with Crippen LogP contribution in [0.2, 0.25) is 0 Å². The number of carbonyl (C=O) groups is 1. The molecule has 1 amide bonds. The van der Waals surface area contributed by atoms with E-state index >= 15 is 0 Å². The molecular formula is C26H40N4O7S2. The molecule has 3 atom stereocenters. The number of aliphatic hydroxyl groups is 1. The normalized spacial score (nSPS) is 19.3. The van der Waals surface area contributed by atoms with E-state index in [4.69, 9.17) is 14.2 Å². The predicted molar refractivity (Wildman–Crippen MR) is 150 cm³/mol. The average Bonchev–Trinajstić information content (AvgIpc) is 3.27. The summed E-state index contributed by atoms with van der Waals surface area (Å²) in [6, 6.07) is 4.64. The van der Waals surface area contributed by atoms with Crippen LogP contribution in [-0.4, -0.2) is 61.4 Å². The lowest BCUT2D eigenvalue weighted by Gasteiger charge is -2.30. The summed E-state index contributed by atoms with van der Waals surface area (Å²) in [5.74, 6) is 0. The van der Waals surface area contributed by atoms with Crippen molar-refractivity contribution in [1.29, 1.82) is 0 Å². The molecule has 13 heteroatoms. The number of benzene rings is 1. The van der Waals surface area contributed by atoms with E-state index in [2.05, 4.69) is 20.3 Å². The quantitative estimate of drug-likeness (QED) is 0.299. The molecule has 1 saturated heterocycles. The van der Waals surface area contributed by atoms with Gasteiger partial charge in [0.25, 0.3) is 0 Å². The van der Waals surface area contributed by atoms with Crippen LogP contribution in [0.25, 0.3) is 10.4 Å². The number of amides is 1. The monoisotopic (exact) mass is 584 g/mol. The minimum atomic E-state index is -3.96. The highest BCUT2D eigenvalue weighted by molar-refractivity contribution is 7.89. The second kappa shape index (κ2) is 13.0. The molecule has 11 nitrogen and oxygen atoms in total. The third kappa shape index (κ3) is 9.48. The first-order chi connectivity index (χ1) is 18.1. The molecule has 0 radical (unpaired) electrons. The largest absolute Gasteiger partial charge is 0.447 e. The van der Waals surface area contributed by atoms with Crippen molar-refractivity contribution in [2.45, 2.75) is 103 Å². The first-order valence-corrected chi connectivity index (χ1v) is 15.3. The lowest BCUT2D eigenvalue weighted by Crippen LogP contribution is -2.45. The maximum atomic E-state index is 13.4. The van der Waals surface area contributed by atoms with Crippen LogP contribution >= 0.6 is 11.3 Å². The van der Waals surface area contributed by atoms with Gasteiger partial charge in [-0.2, -0.15) is 0 Å². The van der Waals surface area contributed by atoms with Gasteiger partial charge in [-0.05, 0) is 73.4 Å². The van der Waals surface area contributed by atoms with E-state index in [-0.39, 0.29) is 29.2 Å². The molecule has 1 aromatic carbocycles. The van der Waals surface area contributed by atoms with E-state index in [9.17, 15) is 18.3 Å². The first-order valence-electron chi connectivity index (χ1n) is 13.0. The smallest absolute Gasteiger partial charge is 0.411 e. The first kappa shape index (κ1) is 31.4. The maximum Gasteiger partial charge on any atom is 0.411 e. The summed E-state index contributed by atoms with van der Waals surface area (Å²) in [6.07, 6.45) is 0.658. The number of carbonyl (C=O) groups excluding carboxylic acids is 1. The van der Waals surface area contributed by atoms with Crippen LogP contribution in [0.4, 0.5) is 10.5 Å². The minimum absolute atomic E-state index is 0.0166. The molecule has 0 aliphatic carbocycles. The summed E-state index contributed by atoms with van der Waals surface area (Å²) in [5, 5.41) is 16.3. The van der Waals surface area contributed by atoms with Crippen LogP contribution < -0.4 is 15.4 Å². The van der Waals surface area contributed by atoms with Crippen LogP contribution in [0.1, 0.15) is 72.4 Å². The van der Waals surface area contributed by atoms with Gasteiger partial charge in [0.1, 0.15) is 11.1 Å². The van der Waals surface area contributed by atoms with E-state index in [1.54, 1.807) is 52.9 Å². The van der Waals surface area contributed by atoms with Crippen LogP contribution in [0, 0.1) is 0 Å². The van der Waals surface area contributed by atoms with Crippen molar-refractivity contribution in [3.8, 4) is 10.4 Å². The number of thiazole rings is 1. The molecule has 218 valence electrons. The lowest BCUT2D eigenvalue weighted by atomic mass is 10.1. The summed E-state index contributed by atoms with van der Waals surface area (Å²) in [4.78, 5) is 17.3. The number of rotatable bonds is 10. The number of sulfonamides is 1. The molecule has 0 saturated carbocycles. The second-order valence-corrected chi connectivity index (χ2v) is 13.7. The number of aromatic nitrogens is 1. The van der Waals surface area contributed by atoms with Crippen molar-refractivity contribution in [2.75, 3.05) is 11.9 Å². The van der Waals surface area contributed by atoms with Gasteiger partial charge in [-0.1, -0.05) is 6.07 Å². The van der Waals surface area contributed by atoms with Crippen molar-refractivity contribution in [3.05, 3.63) is 29.4 Å². The molecule has 0 bridgehead atoms. The summed E-state index contributed by atoms with van der Waals surface area (Å²) in [6.45, 7) is 12.8. The molecule has 3 unspecified atom stereocenters. The second-order valence-electron chi connectivity index (χ2n) is 11.0. The number of hydrogen-bond acceptors (Lipinski definition) is 10. The van der Waals surface area contributed by atoms with Crippen molar-refractivity contribution >= 4 is 33.1 Å². The van der Waals surface area contributed by atoms with E-state index in [0.717, 1.165) is 11.4 Å². The Morgan fingerprint density at radius 2 is 1.90 bits per heavy atom. The van der Waals surface area contributed by atoms with Crippen molar-refractivity contribution in [1.82, 2.24) is 15.0 Å². The third-order valence-corrected chi connectivity index (χ3v) is 8.34. The van der Waals surface area contributed by atoms with Gasteiger partial charge in [-0.25, -0.2) is 22.9 Å². The Morgan fingerprint density at radius 3 is 2.49 bits per heavy atom. The Kier molecular flexibility index (Phi) is 10.5. The van der Waals surface area contributed by atoms with Gasteiger partial charge < -0.3 is 19.3 Å². The molecule has 2 aromatic rings. The van der Waals surface area contributed by atoms with E-state index in [1.807, 2.05) is 13.8 Å². The number of aliphatic hydroxyl groups excluding tert-OH is 1. The predicted octanol–water partition coefficient (Wildman–Crippen LogP) is 4.35. The zero-order valence-electron chi connectivity index (χ0n) is 23.5. The zero-order chi connectivity index (χ0) is 29.0. The summed E-state index contributed by atoms with van der Waals surface area (Å²) in [5.41, 5.74) is 0.0345. The number of anilines is 1. The Labute approximate surface area is 234 Å². The number of hydrogen-bond donors (Lipinski definition) is 4. The molecule has 1 aliphatic heterocycles. The van der Waals surface area contributed by atoms with Gasteiger partial charge >= 0.3 is 6.09 Å². The van der Waals surface area contributed by atoms with Crippen LogP contribution in [-0.2, 0) is 24.2 Å². The fourth-order valence-electron chi connectivity index (χ4n) is 3.98. The highest BCUT2D eigenvalue weighted by Crippen LogP contribution is 2.38. The highest BCUT2D eigenvalue weighted by Gasteiger charge is 2.29. The molecular weight excluding hydrogens is 544 g/mol. The Morgan fingerprint density at radius 1 is 1.18 bits per heavy atom. The Bertz CT molecular complexity index is 1220. The fourth-order valence-corrected chi connectivity index (χ4v) is 6.75. The molecule has 2 heterocycles. The number of nitrogens with one attached hydrogen (secondary N) is 3. The maximum absolute atomic E-state index is 13.4. The van der Waals surface area contributed by atoms with E-state index < -0.39 is 28.1 Å². The standard InChI is InChI=1S/C26H40N4O7S2/c1-15(2)36-24(31)28-17-8-10-19(22(12-17)39(33,34)30-26(5,6)7)21-13-27-23(38-21)20-11-9-18(14-35-20)29-25(32)37-16(3)4/h8,10,12-13,15-16,18,20,25,29-30,32H,9,11,14H2,1-7H3,(H,28,31). The topological polar surface area (TPSA) is 148 Å². The molecule has 0 spiro atoms. The van der Waals surface area contributed by atoms with E-state index in [0.29, 0.717) is 29.2 Å². The highest BCUT2D eigenvalue weighted by atomic mass is 32.2. The Balaban J connectivity index is 1.82. The van der Waals surface area contributed by atoms with Crippen LogP contribution in [0.5, 0.6) is 0 Å². The third-order valence-electron chi connectivity index (χ3n) is 5.42. The lowest BCUT2D eigenvalue weighted by molar-refractivity contribution is -0.157. The van der Waals surface area contributed by atoms with Gasteiger partial charge in [-0.15, -0.1) is 11.3 Å². The molecule has 1 aliphatic rings. The fraction of sp³-hybridized carbons (Fsp3) is 0.615. The van der Waals surface area contributed by atoms with Crippen LogP contribution in [0.15, 0.2) is 29.3 Å².